The Morgan fingerprint density at radius 2 is 1.40 bits per heavy atom. The van der Waals surface area contributed by atoms with E-state index in [9.17, 15) is 14.4 Å². The van der Waals surface area contributed by atoms with Gasteiger partial charge < -0.3 is 14.2 Å². The summed E-state index contributed by atoms with van der Waals surface area (Å²) in [6.45, 7) is -0.00295. The molecule has 35 heavy (non-hydrogen) atoms. The molecule has 0 aliphatic heterocycles. The van der Waals surface area contributed by atoms with E-state index in [4.69, 9.17) is 14.2 Å². The first-order valence-electron chi connectivity index (χ1n) is 12.4. The summed E-state index contributed by atoms with van der Waals surface area (Å²) in [4.78, 5) is 36.5. The summed E-state index contributed by atoms with van der Waals surface area (Å²) < 4.78 is 15.9. The molecular weight excluding hydrogens is 444 g/mol. The molecule has 0 atom stereocenters. The molecule has 0 amide bonds. The number of rotatable bonds is 16. The van der Waals surface area contributed by atoms with Crippen molar-refractivity contribution in [2.75, 3.05) is 20.0 Å². The maximum absolute atomic E-state index is 12.6. The van der Waals surface area contributed by atoms with E-state index in [1.165, 1.54) is 11.1 Å². The zero-order valence-corrected chi connectivity index (χ0v) is 20.3. The van der Waals surface area contributed by atoms with E-state index in [-0.39, 0.29) is 38.2 Å². The molecule has 0 N–H and O–H groups in total. The van der Waals surface area contributed by atoms with E-state index < -0.39 is 11.4 Å². The highest BCUT2D eigenvalue weighted by Gasteiger charge is 2.46. The van der Waals surface area contributed by atoms with Crippen LogP contribution < -0.4 is 0 Å². The second-order valence-corrected chi connectivity index (χ2v) is 9.06. The number of carbonyl (C=O) groups excluding carboxylic acids is 3. The van der Waals surface area contributed by atoms with Crippen molar-refractivity contribution in [3.05, 3.63) is 78.2 Å². The zero-order chi connectivity index (χ0) is 24.8. The molecule has 187 valence electrons. The van der Waals surface area contributed by atoms with Crippen molar-refractivity contribution in [1.82, 2.24) is 0 Å². The maximum atomic E-state index is 12.6. The Kier molecular flexibility index (Phi) is 11.0. The van der Waals surface area contributed by atoms with Crippen LogP contribution in [0.5, 0.6) is 0 Å². The van der Waals surface area contributed by atoms with Crippen LogP contribution in [0.1, 0.15) is 56.1 Å². The molecule has 0 bridgehead atoms. The topological polar surface area (TPSA) is 78.9 Å². The molecule has 0 aromatic heterocycles. The number of ether oxygens (including phenoxy) is 3. The molecule has 1 aliphatic rings. The molecule has 1 saturated carbocycles. The monoisotopic (exact) mass is 479 g/mol. The third-order valence-electron chi connectivity index (χ3n) is 6.38. The zero-order valence-electron chi connectivity index (χ0n) is 20.3. The van der Waals surface area contributed by atoms with E-state index in [1.807, 2.05) is 48.5 Å². The van der Waals surface area contributed by atoms with Crippen molar-refractivity contribution >= 4 is 17.7 Å². The first-order chi connectivity index (χ1) is 17.1. The van der Waals surface area contributed by atoms with Gasteiger partial charge in [-0.1, -0.05) is 67.1 Å². The minimum Gasteiger partial charge on any atom is -0.428 e. The molecule has 2 aromatic rings. The molecule has 6 nitrogen and oxygen atoms in total. The highest BCUT2D eigenvalue weighted by Crippen LogP contribution is 2.42. The third kappa shape index (κ3) is 9.29. The van der Waals surface area contributed by atoms with Crippen LogP contribution in [-0.2, 0) is 41.4 Å². The number of aryl methyl sites for hydroxylation is 2. The summed E-state index contributed by atoms with van der Waals surface area (Å²) in [5.41, 5.74) is 1.69. The van der Waals surface area contributed by atoms with Gasteiger partial charge >= 0.3 is 11.9 Å². The van der Waals surface area contributed by atoms with Crippen LogP contribution in [0.3, 0.4) is 0 Å². The van der Waals surface area contributed by atoms with E-state index in [2.05, 4.69) is 12.1 Å². The summed E-state index contributed by atoms with van der Waals surface area (Å²) in [7, 11) is 0. The first kappa shape index (κ1) is 26.6. The summed E-state index contributed by atoms with van der Waals surface area (Å²) in [6.07, 6.45) is 7.68. The van der Waals surface area contributed by atoms with Crippen LogP contribution >= 0.6 is 0 Å². The third-order valence-corrected chi connectivity index (χ3v) is 6.38. The van der Waals surface area contributed by atoms with Gasteiger partial charge in [0.1, 0.15) is 5.78 Å². The second kappa shape index (κ2) is 14.4. The lowest BCUT2D eigenvalue weighted by molar-refractivity contribution is -0.183. The van der Waals surface area contributed by atoms with Crippen molar-refractivity contribution in [1.29, 1.82) is 0 Å². The standard InChI is InChI=1S/C29H35O6/c30-26(16-7-14-24-10-3-1-4-11-24)18-21-33-22-29(19-9-20-29)28(32)35-23-34-27(31)17-8-15-25-12-5-2-6-13-25/h1-6,10-13,18H,7-9,14-17,19-23H2. The fraction of sp³-hybridized carbons (Fsp3) is 0.448. The summed E-state index contributed by atoms with van der Waals surface area (Å²) >= 11 is 0. The molecule has 0 spiro atoms. The Morgan fingerprint density at radius 1 is 0.800 bits per heavy atom. The summed E-state index contributed by atoms with van der Waals surface area (Å²) in [5, 5.41) is 0. The number of esters is 2. The van der Waals surface area contributed by atoms with Crippen LogP contribution in [0.25, 0.3) is 0 Å². The Labute approximate surface area is 208 Å². The van der Waals surface area contributed by atoms with E-state index in [0.29, 0.717) is 25.7 Å². The number of hydrogen-bond donors (Lipinski definition) is 0. The van der Waals surface area contributed by atoms with E-state index in [0.717, 1.165) is 25.7 Å². The molecule has 1 fully saturated rings. The predicted octanol–water partition coefficient (Wildman–Crippen LogP) is 5.04. The minimum absolute atomic E-state index is 0.0466. The molecule has 1 radical (unpaired) electrons. The quantitative estimate of drug-likeness (QED) is 0.191. The van der Waals surface area contributed by atoms with Gasteiger partial charge in [-0.15, -0.1) is 0 Å². The Hall–Kier alpha value is -2.99. The van der Waals surface area contributed by atoms with Gasteiger partial charge in [0, 0.05) is 12.8 Å². The summed E-state index contributed by atoms with van der Waals surface area (Å²) in [6, 6.07) is 20.0. The molecule has 0 unspecified atom stereocenters. The van der Waals surface area contributed by atoms with Gasteiger partial charge in [0.15, 0.2) is 0 Å². The molecule has 0 heterocycles. The normalized spacial score (nSPS) is 14.1. The van der Waals surface area contributed by atoms with Gasteiger partial charge in [-0.2, -0.15) is 0 Å². The van der Waals surface area contributed by atoms with Crippen LogP contribution in [0.4, 0.5) is 0 Å². The first-order valence-corrected chi connectivity index (χ1v) is 12.4. The smallest absolute Gasteiger partial charge is 0.317 e. The minimum atomic E-state index is -0.704. The lowest BCUT2D eigenvalue weighted by atomic mass is 9.69. The number of benzene rings is 2. The predicted molar refractivity (Wildman–Crippen MR) is 132 cm³/mol. The molecule has 1 aliphatic carbocycles. The lowest BCUT2D eigenvalue weighted by Gasteiger charge is -2.38. The van der Waals surface area contributed by atoms with Crippen molar-refractivity contribution in [3.8, 4) is 0 Å². The van der Waals surface area contributed by atoms with Gasteiger partial charge in [-0.25, -0.2) is 0 Å². The van der Waals surface area contributed by atoms with Crippen molar-refractivity contribution in [2.45, 2.75) is 57.8 Å². The van der Waals surface area contributed by atoms with Gasteiger partial charge in [0.05, 0.1) is 25.0 Å². The highest BCUT2D eigenvalue weighted by atomic mass is 16.7. The Morgan fingerprint density at radius 3 is 1.97 bits per heavy atom. The van der Waals surface area contributed by atoms with Crippen LogP contribution in [0, 0.1) is 11.8 Å². The SMILES string of the molecule is O=C([CH]COCC1(C(=O)OCOC(=O)CCCc2ccccc2)CCC1)CCCc1ccccc1. The molecule has 3 rings (SSSR count). The van der Waals surface area contributed by atoms with Crippen LogP contribution in [0.15, 0.2) is 60.7 Å². The Bertz CT molecular complexity index is 921. The van der Waals surface area contributed by atoms with Crippen molar-refractivity contribution in [3.63, 3.8) is 0 Å². The van der Waals surface area contributed by atoms with E-state index in [1.54, 1.807) is 6.42 Å². The lowest BCUT2D eigenvalue weighted by Crippen LogP contribution is -2.43. The molecular formula is C29H35O6. The number of carbonyl (C=O) groups is 3. The number of ketones is 1. The average Bonchev–Trinajstić information content (AvgIpc) is 2.84. The number of hydrogen-bond acceptors (Lipinski definition) is 6. The largest absolute Gasteiger partial charge is 0.428 e. The van der Waals surface area contributed by atoms with Crippen molar-refractivity contribution < 1.29 is 28.6 Å². The Balaban J connectivity index is 1.24. The van der Waals surface area contributed by atoms with Gasteiger partial charge in [-0.05, 0) is 49.7 Å². The van der Waals surface area contributed by atoms with Gasteiger partial charge in [-0.3, -0.25) is 14.4 Å². The van der Waals surface area contributed by atoms with Crippen molar-refractivity contribution in [2.24, 2.45) is 5.41 Å². The van der Waals surface area contributed by atoms with Gasteiger partial charge in [0.2, 0.25) is 6.79 Å². The second-order valence-electron chi connectivity index (χ2n) is 9.06. The molecule has 6 heteroatoms. The van der Waals surface area contributed by atoms with E-state index >= 15 is 0 Å². The highest BCUT2D eigenvalue weighted by molar-refractivity contribution is 5.86. The van der Waals surface area contributed by atoms with Crippen LogP contribution in [-0.4, -0.2) is 37.7 Å². The molecule has 0 saturated heterocycles. The van der Waals surface area contributed by atoms with Gasteiger partial charge in [0.25, 0.3) is 0 Å². The number of Topliss-reactive ketones (excluding diaryl/α,β-unsaturated/α-hetero) is 1. The fourth-order valence-corrected chi connectivity index (χ4v) is 4.09. The molecule has 2 aromatic carbocycles. The fourth-order valence-electron chi connectivity index (χ4n) is 4.09. The summed E-state index contributed by atoms with van der Waals surface area (Å²) in [5.74, 6) is -0.742. The van der Waals surface area contributed by atoms with Crippen LogP contribution in [0.2, 0.25) is 0 Å². The maximum Gasteiger partial charge on any atom is 0.317 e. The average molecular weight is 480 g/mol.